The molecule has 0 unspecified atom stereocenters. The lowest BCUT2D eigenvalue weighted by Crippen LogP contribution is -2.14. The molecule has 2 rings (SSSR count). The number of nitrogens with one attached hydrogen (secondary N) is 1. The van der Waals surface area contributed by atoms with E-state index < -0.39 is 17.6 Å². The van der Waals surface area contributed by atoms with Crippen molar-refractivity contribution >= 4 is 39.1 Å². The molecule has 2 aromatic carbocycles. The number of amides is 1. The Morgan fingerprint density at radius 3 is 2.52 bits per heavy atom. The van der Waals surface area contributed by atoms with Gasteiger partial charge in [0.2, 0.25) is 0 Å². The number of anilines is 1. The summed E-state index contributed by atoms with van der Waals surface area (Å²) in [6.07, 6.45) is -3.63. The van der Waals surface area contributed by atoms with Crippen LogP contribution in [0, 0.1) is 5.92 Å². The van der Waals surface area contributed by atoms with E-state index in [1.54, 1.807) is 12.1 Å². The fourth-order valence-corrected chi connectivity index (χ4v) is 2.81. The number of hydrogen-bond donors (Lipinski definition) is 1. The van der Waals surface area contributed by atoms with Crippen LogP contribution in [0.5, 0.6) is 5.75 Å². The third-order valence-electron chi connectivity index (χ3n) is 3.69. The second-order valence-electron chi connectivity index (χ2n) is 6.32. The van der Waals surface area contributed by atoms with Gasteiger partial charge in [0.15, 0.2) is 0 Å². The van der Waals surface area contributed by atoms with E-state index in [1.807, 2.05) is 0 Å². The summed E-state index contributed by atoms with van der Waals surface area (Å²) in [6, 6.07) is 7.47. The Labute approximate surface area is 169 Å². The first-order valence-electron chi connectivity index (χ1n) is 8.18. The Morgan fingerprint density at radius 2 is 1.93 bits per heavy atom. The maximum atomic E-state index is 12.8. The second kappa shape index (κ2) is 8.97. The lowest BCUT2D eigenvalue weighted by molar-refractivity contribution is -0.137. The molecule has 1 N–H and O–H groups in total. The number of rotatable bonds is 6. The molecule has 2 aromatic rings. The smallest absolute Gasteiger partial charge is 0.416 e. The molecule has 8 heteroatoms. The Hall–Kier alpha value is -1.73. The van der Waals surface area contributed by atoms with Gasteiger partial charge in [-0.1, -0.05) is 25.4 Å². The summed E-state index contributed by atoms with van der Waals surface area (Å²) in [5, 5.41) is 2.43. The molecule has 0 radical (unpaired) electrons. The van der Waals surface area contributed by atoms with Crippen LogP contribution in [0.1, 0.15) is 36.2 Å². The fourth-order valence-electron chi connectivity index (χ4n) is 2.16. The number of alkyl halides is 3. The maximum Gasteiger partial charge on any atom is 0.416 e. The van der Waals surface area contributed by atoms with Crippen LogP contribution in [0.25, 0.3) is 0 Å². The van der Waals surface area contributed by atoms with Crippen LogP contribution < -0.4 is 10.1 Å². The van der Waals surface area contributed by atoms with Crippen LogP contribution in [0.4, 0.5) is 18.9 Å². The van der Waals surface area contributed by atoms with E-state index in [4.69, 9.17) is 16.3 Å². The molecule has 0 fully saturated rings. The van der Waals surface area contributed by atoms with Gasteiger partial charge in [0, 0.05) is 5.56 Å². The van der Waals surface area contributed by atoms with E-state index in [0.717, 1.165) is 24.6 Å². The van der Waals surface area contributed by atoms with Gasteiger partial charge in [-0.05, 0) is 64.7 Å². The summed E-state index contributed by atoms with van der Waals surface area (Å²) < 4.78 is 44.7. The fraction of sp³-hybridized carbons (Fsp3) is 0.316. The molecule has 3 nitrogen and oxygen atoms in total. The van der Waals surface area contributed by atoms with E-state index in [1.165, 1.54) is 6.07 Å². The van der Waals surface area contributed by atoms with Crippen molar-refractivity contribution in [2.75, 3.05) is 11.9 Å². The first kappa shape index (κ1) is 21.6. The first-order chi connectivity index (χ1) is 12.6. The molecule has 0 aliphatic rings. The van der Waals surface area contributed by atoms with Crippen molar-refractivity contribution in [1.82, 2.24) is 0 Å². The van der Waals surface area contributed by atoms with Crippen LogP contribution in [-0.2, 0) is 6.18 Å². The number of ether oxygens (including phenoxy) is 1. The van der Waals surface area contributed by atoms with Crippen molar-refractivity contribution in [1.29, 1.82) is 0 Å². The van der Waals surface area contributed by atoms with Gasteiger partial charge < -0.3 is 10.1 Å². The lowest BCUT2D eigenvalue weighted by atomic mass is 10.1. The van der Waals surface area contributed by atoms with Gasteiger partial charge in [0.25, 0.3) is 5.91 Å². The molecule has 0 spiro atoms. The molecule has 0 saturated carbocycles. The highest BCUT2D eigenvalue weighted by Crippen LogP contribution is 2.34. The molecule has 1 amide bonds. The molecule has 0 bridgehead atoms. The third kappa shape index (κ3) is 6.14. The molecule has 0 atom stereocenters. The quantitative estimate of drug-likeness (QED) is 0.510. The highest BCUT2D eigenvalue weighted by Gasteiger charge is 2.31. The number of benzene rings is 2. The van der Waals surface area contributed by atoms with Crippen molar-refractivity contribution in [2.24, 2.45) is 5.92 Å². The van der Waals surface area contributed by atoms with Gasteiger partial charge in [0.1, 0.15) is 5.75 Å². The second-order valence-corrected chi connectivity index (χ2v) is 7.58. The summed E-state index contributed by atoms with van der Waals surface area (Å²) in [7, 11) is 0. The molecule has 0 heterocycles. The average molecular weight is 465 g/mol. The van der Waals surface area contributed by atoms with Crippen molar-refractivity contribution in [3.63, 3.8) is 0 Å². The highest BCUT2D eigenvalue weighted by molar-refractivity contribution is 9.10. The molecule has 27 heavy (non-hydrogen) atoms. The van der Waals surface area contributed by atoms with Gasteiger partial charge in [0.05, 0.1) is 27.4 Å². The predicted octanol–water partition coefficient (Wildman–Crippen LogP) is 6.80. The zero-order chi connectivity index (χ0) is 20.2. The molecule has 0 aliphatic carbocycles. The summed E-state index contributed by atoms with van der Waals surface area (Å²) in [6.45, 7) is 4.72. The SMILES string of the molecule is CC(C)CCOc1ccc(C(=O)Nc2cc(C(F)(F)F)ccc2Cl)cc1Br. The van der Waals surface area contributed by atoms with Crippen LogP contribution in [0.2, 0.25) is 5.02 Å². The van der Waals surface area contributed by atoms with E-state index >= 15 is 0 Å². The Bertz CT molecular complexity index is 825. The van der Waals surface area contributed by atoms with Crippen LogP contribution in [-0.4, -0.2) is 12.5 Å². The number of hydrogen-bond acceptors (Lipinski definition) is 2. The molecule has 0 aliphatic heterocycles. The molecule has 0 aromatic heterocycles. The van der Waals surface area contributed by atoms with Crippen molar-refractivity contribution in [3.8, 4) is 5.75 Å². The topological polar surface area (TPSA) is 38.3 Å². The summed E-state index contributed by atoms with van der Waals surface area (Å²) in [5.41, 5.74) is -0.742. The number of carbonyl (C=O) groups excluding carboxylic acids is 1. The average Bonchev–Trinajstić information content (AvgIpc) is 2.56. The first-order valence-corrected chi connectivity index (χ1v) is 9.35. The largest absolute Gasteiger partial charge is 0.492 e. The van der Waals surface area contributed by atoms with Gasteiger partial charge in [-0.2, -0.15) is 13.2 Å². The minimum atomic E-state index is -4.53. The van der Waals surface area contributed by atoms with Crippen molar-refractivity contribution < 1.29 is 22.7 Å². The van der Waals surface area contributed by atoms with E-state index in [-0.39, 0.29) is 16.3 Å². The Morgan fingerprint density at radius 1 is 1.22 bits per heavy atom. The predicted molar refractivity (Wildman–Crippen MR) is 103 cm³/mol. The van der Waals surface area contributed by atoms with Gasteiger partial charge >= 0.3 is 6.18 Å². The Kier molecular flexibility index (Phi) is 7.17. The van der Waals surface area contributed by atoms with Crippen LogP contribution in [0.3, 0.4) is 0 Å². The third-order valence-corrected chi connectivity index (χ3v) is 4.64. The van der Waals surface area contributed by atoms with Gasteiger partial charge in [-0.25, -0.2) is 0 Å². The molecular weight excluding hydrogens is 447 g/mol. The van der Waals surface area contributed by atoms with Gasteiger partial charge in [-0.3, -0.25) is 4.79 Å². The van der Waals surface area contributed by atoms with Gasteiger partial charge in [-0.15, -0.1) is 0 Å². The van der Waals surface area contributed by atoms with E-state index in [0.29, 0.717) is 22.7 Å². The summed E-state index contributed by atoms with van der Waals surface area (Å²) in [5.74, 6) is 0.515. The van der Waals surface area contributed by atoms with Crippen molar-refractivity contribution in [3.05, 3.63) is 57.0 Å². The van der Waals surface area contributed by atoms with Crippen LogP contribution in [0.15, 0.2) is 40.9 Å². The monoisotopic (exact) mass is 463 g/mol. The highest BCUT2D eigenvalue weighted by atomic mass is 79.9. The normalized spacial score (nSPS) is 11.6. The summed E-state index contributed by atoms with van der Waals surface area (Å²) in [4.78, 5) is 12.4. The standard InChI is InChI=1S/C19H18BrClF3NO2/c1-11(2)7-8-27-17-6-3-12(9-14(17)20)18(26)25-16-10-13(19(22,23)24)4-5-15(16)21/h3-6,9-11H,7-8H2,1-2H3,(H,25,26). The minimum Gasteiger partial charge on any atom is -0.492 e. The number of carbonyl (C=O) groups is 1. The van der Waals surface area contributed by atoms with E-state index in [2.05, 4.69) is 35.1 Å². The minimum absolute atomic E-state index is 0.0176. The molecular formula is C19H18BrClF3NO2. The van der Waals surface area contributed by atoms with Crippen molar-refractivity contribution in [2.45, 2.75) is 26.4 Å². The zero-order valence-corrected chi connectivity index (χ0v) is 17.0. The lowest BCUT2D eigenvalue weighted by Gasteiger charge is -2.13. The maximum absolute atomic E-state index is 12.8. The molecule has 146 valence electrons. The number of halogens is 5. The van der Waals surface area contributed by atoms with E-state index in [9.17, 15) is 18.0 Å². The Balaban J connectivity index is 2.13. The summed E-state index contributed by atoms with van der Waals surface area (Å²) >= 11 is 9.25. The zero-order valence-electron chi connectivity index (χ0n) is 14.7. The van der Waals surface area contributed by atoms with Crippen LogP contribution >= 0.6 is 27.5 Å². The molecule has 0 saturated heterocycles.